The van der Waals surface area contributed by atoms with Crippen LogP contribution in [0.3, 0.4) is 0 Å². The lowest BCUT2D eigenvalue weighted by Gasteiger charge is -2.13. The number of hydrogen-bond donors (Lipinski definition) is 0. The Bertz CT molecular complexity index is 327. The van der Waals surface area contributed by atoms with Gasteiger partial charge >= 0.3 is 0 Å². The topological polar surface area (TPSA) is 54.5 Å². The zero-order chi connectivity index (χ0) is 12.8. The molecular formula is C13H19NO3. The van der Waals surface area contributed by atoms with Crippen LogP contribution in [0.5, 0.6) is 0 Å². The number of unbranched alkanes of at least 4 members (excludes halogenated alkanes) is 2. The number of imide groups is 1. The smallest absolute Gasteiger partial charge is 0.253 e. The van der Waals surface area contributed by atoms with Gasteiger partial charge in [-0.3, -0.25) is 19.3 Å². The first-order valence-electron chi connectivity index (χ1n) is 6.08. The lowest BCUT2D eigenvalue weighted by molar-refractivity contribution is -0.136. The fourth-order valence-electron chi connectivity index (χ4n) is 1.69. The molecule has 0 aromatic rings. The highest BCUT2D eigenvalue weighted by atomic mass is 16.2. The molecule has 2 amide bonds. The molecule has 94 valence electrons. The molecule has 0 saturated heterocycles. The molecule has 0 aliphatic carbocycles. The molecule has 0 aromatic carbocycles. The summed E-state index contributed by atoms with van der Waals surface area (Å²) in [6, 6.07) is 0. The minimum absolute atomic E-state index is 0.0981. The summed E-state index contributed by atoms with van der Waals surface area (Å²) in [5.74, 6) is -0.0811. The Morgan fingerprint density at radius 3 is 2.24 bits per heavy atom. The summed E-state index contributed by atoms with van der Waals surface area (Å²) in [5.41, 5.74) is 0. The minimum Gasteiger partial charge on any atom is -0.299 e. The van der Waals surface area contributed by atoms with Crippen LogP contribution in [0.4, 0.5) is 0 Å². The van der Waals surface area contributed by atoms with Crippen LogP contribution < -0.4 is 0 Å². The molecule has 1 heterocycles. The van der Waals surface area contributed by atoms with E-state index in [0.717, 1.165) is 19.3 Å². The third-order valence-corrected chi connectivity index (χ3v) is 2.85. The van der Waals surface area contributed by atoms with Crippen molar-refractivity contribution in [1.29, 1.82) is 0 Å². The number of hydrogen-bond acceptors (Lipinski definition) is 3. The van der Waals surface area contributed by atoms with E-state index in [0.29, 0.717) is 13.0 Å². The van der Waals surface area contributed by atoms with Gasteiger partial charge in [0.1, 0.15) is 5.78 Å². The van der Waals surface area contributed by atoms with Crippen molar-refractivity contribution < 1.29 is 14.4 Å². The van der Waals surface area contributed by atoms with Gasteiger partial charge in [0.25, 0.3) is 11.8 Å². The van der Waals surface area contributed by atoms with Crippen molar-refractivity contribution in [2.45, 2.75) is 39.5 Å². The first kappa shape index (κ1) is 13.6. The van der Waals surface area contributed by atoms with Crippen molar-refractivity contribution in [2.75, 3.05) is 6.54 Å². The zero-order valence-electron chi connectivity index (χ0n) is 10.4. The second kappa shape index (κ2) is 6.33. The molecule has 0 bridgehead atoms. The number of amides is 2. The summed E-state index contributed by atoms with van der Waals surface area (Å²) in [5, 5.41) is 0. The first-order chi connectivity index (χ1) is 8.02. The van der Waals surface area contributed by atoms with Crippen molar-refractivity contribution in [3.63, 3.8) is 0 Å². The van der Waals surface area contributed by atoms with Gasteiger partial charge in [0, 0.05) is 31.0 Å². The molecule has 0 aromatic heterocycles. The minimum atomic E-state index is -0.228. The van der Waals surface area contributed by atoms with E-state index < -0.39 is 0 Å². The molecule has 0 saturated carbocycles. The Balaban J connectivity index is 2.11. The molecule has 17 heavy (non-hydrogen) atoms. The number of carbonyl (C=O) groups excluding carboxylic acids is 3. The van der Waals surface area contributed by atoms with Crippen LogP contribution in [0.15, 0.2) is 12.2 Å². The van der Waals surface area contributed by atoms with E-state index in [1.165, 1.54) is 17.1 Å². The molecule has 0 spiro atoms. The van der Waals surface area contributed by atoms with E-state index in [1.807, 2.05) is 13.8 Å². The molecule has 4 nitrogen and oxygen atoms in total. The third-order valence-electron chi connectivity index (χ3n) is 2.85. The van der Waals surface area contributed by atoms with E-state index in [1.54, 1.807) is 0 Å². The largest absolute Gasteiger partial charge is 0.299 e. The Labute approximate surface area is 102 Å². The summed E-state index contributed by atoms with van der Waals surface area (Å²) >= 11 is 0. The fraction of sp³-hybridized carbons (Fsp3) is 0.615. The molecular weight excluding hydrogens is 218 g/mol. The van der Waals surface area contributed by atoms with Gasteiger partial charge in [-0.2, -0.15) is 0 Å². The van der Waals surface area contributed by atoms with E-state index in [-0.39, 0.29) is 23.5 Å². The third kappa shape index (κ3) is 4.13. The van der Waals surface area contributed by atoms with Crippen LogP contribution in [0.2, 0.25) is 0 Å². The van der Waals surface area contributed by atoms with Crippen LogP contribution in [-0.4, -0.2) is 29.0 Å². The van der Waals surface area contributed by atoms with Crippen LogP contribution in [0.1, 0.15) is 39.5 Å². The fourth-order valence-corrected chi connectivity index (χ4v) is 1.69. The van der Waals surface area contributed by atoms with Gasteiger partial charge in [-0.15, -0.1) is 0 Å². The van der Waals surface area contributed by atoms with Crippen LogP contribution in [-0.2, 0) is 14.4 Å². The first-order valence-corrected chi connectivity index (χ1v) is 6.08. The quantitative estimate of drug-likeness (QED) is 0.500. The van der Waals surface area contributed by atoms with Gasteiger partial charge in [-0.05, 0) is 12.8 Å². The summed E-state index contributed by atoms with van der Waals surface area (Å²) < 4.78 is 0. The second-order valence-electron chi connectivity index (χ2n) is 4.59. The average Bonchev–Trinajstić information content (AvgIpc) is 2.59. The Morgan fingerprint density at radius 1 is 1.12 bits per heavy atom. The van der Waals surface area contributed by atoms with Crippen LogP contribution >= 0.6 is 0 Å². The lowest BCUT2D eigenvalue weighted by atomic mass is 10.0. The van der Waals surface area contributed by atoms with Gasteiger partial charge < -0.3 is 0 Å². The molecule has 4 heteroatoms. The van der Waals surface area contributed by atoms with E-state index in [2.05, 4.69) is 0 Å². The number of Topliss-reactive ketones (excluding diaryl/α,β-unsaturated/α-hetero) is 1. The van der Waals surface area contributed by atoms with Crippen molar-refractivity contribution in [2.24, 2.45) is 5.92 Å². The number of carbonyl (C=O) groups is 3. The molecule has 0 radical (unpaired) electrons. The number of rotatable bonds is 7. The van der Waals surface area contributed by atoms with Crippen molar-refractivity contribution in [1.82, 2.24) is 4.90 Å². The van der Waals surface area contributed by atoms with Gasteiger partial charge in [0.2, 0.25) is 0 Å². The zero-order valence-corrected chi connectivity index (χ0v) is 10.4. The van der Waals surface area contributed by atoms with Crippen molar-refractivity contribution >= 4 is 17.6 Å². The molecule has 1 aliphatic rings. The normalized spacial score (nSPS) is 15.1. The molecule has 1 rings (SSSR count). The maximum atomic E-state index is 11.3. The summed E-state index contributed by atoms with van der Waals surface area (Å²) in [7, 11) is 0. The Hall–Kier alpha value is -1.45. The maximum Gasteiger partial charge on any atom is 0.253 e. The highest BCUT2D eigenvalue weighted by Crippen LogP contribution is 2.09. The van der Waals surface area contributed by atoms with E-state index in [9.17, 15) is 14.4 Å². The molecule has 0 unspecified atom stereocenters. The highest BCUT2D eigenvalue weighted by molar-refractivity contribution is 6.12. The predicted molar refractivity (Wildman–Crippen MR) is 64.2 cm³/mol. The number of nitrogens with zero attached hydrogens (tertiary/aromatic N) is 1. The van der Waals surface area contributed by atoms with Gasteiger partial charge in [0.15, 0.2) is 0 Å². The molecule has 0 atom stereocenters. The molecule has 0 N–H and O–H groups in total. The summed E-state index contributed by atoms with van der Waals surface area (Å²) in [4.78, 5) is 35.0. The number of ketones is 1. The predicted octanol–water partition coefficient (Wildman–Crippen LogP) is 1.70. The van der Waals surface area contributed by atoms with Crippen molar-refractivity contribution in [3.8, 4) is 0 Å². The summed E-state index contributed by atoms with van der Waals surface area (Å²) in [6.45, 7) is 4.26. The van der Waals surface area contributed by atoms with Gasteiger partial charge in [-0.1, -0.05) is 20.3 Å². The molecule has 1 aliphatic heterocycles. The summed E-state index contributed by atoms with van der Waals surface area (Å²) in [6.07, 6.45) is 5.66. The Kier molecular flexibility index (Phi) is 5.07. The average molecular weight is 237 g/mol. The van der Waals surface area contributed by atoms with E-state index >= 15 is 0 Å². The second-order valence-corrected chi connectivity index (χ2v) is 4.59. The monoisotopic (exact) mass is 237 g/mol. The molecule has 0 fully saturated rings. The van der Waals surface area contributed by atoms with E-state index in [4.69, 9.17) is 0 Å². The lowest BCUT2D eigenvalue weighted by Crippen LogP contribution is -2.30. The van der Waals surface area contributed by atoms with Gasteiger partial charge in [-0.25, -0.2) is 0 Å². The van der Waals surface area contributed by atoms with Crippen LogP contribution in [0, 0.1) is 5.92 Å². The van der Waals surface area contributed by atoms with Crippen molar-refractivity contribution in [3.05, 3.63) is 12.2 Å². The maximum absolute atomic E-state index is 11.3. The van der Waals surface area contributed by atoms with Crippen LogP contribution in [0.25, 0.3) is 0 Å². The SMILES string of the molecule is CC(C)C(=O)CCCCCN1C(=O)C=CC1=O. The highest BCUT2D eigenvalue weighted by Gasteiger charge is 2.22. The Morgan fingerprint density at radius 2 is 1.71 bits per heavy atom. The van der Waals surface area contributed by atoms with Gasteiger partial charge in [0.05, 0.1) is 0 Å². The standard InChI is InChI=1S/C13H19NO3/c1-10(2)11(15)6-4-3-5-9-14-12(16)7-8-13(14)17/h7-8,10H,3-6,9H2,1-2H3.